The minimum absolute atomic E-state index is 0.113. The van der Waals surface area contributed by atoms with Crippen molar-refractivity contribution in [2.45, 2.75) is 51.2 Å². The Morgan fingerprint density at radius 2 is 2.12 bits per heavy atom. The summed E-state index contributed by atoms with van der Waals surface area (Å²) in [5.74, 6) is -0.113. The first kappa shape index (κ1) is 16.7. The number of likely N-dealkylation sites (tertiary alicyclic amines) is 1. The number of piperidine rings is 1. The number of nitrogens with zero attached hydrogens (tertiary/aromatic N) is 4. The molecular formula is C17H24N4O3. The van der Waals surface area contributed by atoms with Gasteiger partial charge in [-0.3, -0.25) is 9.78 Å². The molecule has 2 aliphatic heterocycles. The molecule has 0 N–H and O–H groups in total. The number of aromatic nitrogens is 2. The number of hydrogen-bond acceptors (Lipinski definition) is 5. The Hall–Kier alpha value is -2.18. The van der Waals surface area contributed by atoms with Gasteiger partial charge in [0.25, 0.3) is 5.91 Å². The average Bonchev–Trinajstić information content (AvgIpc) is 2.92. The average molecular weight is 332 g/mol. The van der Waals surface area contributed by atoms with Gasteiger partial charge in [-0.25, -0.2) is 9.78 Å². The van der Waals surface area contributed by atoms with E-state index in [0.29, 0.717) is 38.2 Å². The molecule has 7 nitrogen and oxygen atoms in total. The summed E-state index contributed by atoms with van der Waals surface area (Å²) in [6.45, 7) is 5.94. The molecule has 0 aliphatic carbocycles. The lowest BCUT2D eigenvalue weighted by Gasteiger charge is -2.37. The van der Waals surface area contributed by atoms with Gasteiger partial charge < -0.3 is 14.5 Å². The van der Waals surface area contributed by atoms with Crippen molar-refractivity contribution in [3.05, 3.63) is 24.3 Å². The Balaban J connectivity index is 1.61. The van der Waals surface area contributed by atoms with Crippen LogP contribution in [0.25, 0.3) is 0 Å². The fourth-order valence-electron chi connectivity index (χ4n) is 3.51. The highest BCUT2D eigenvalue weighted by molar-refractivity contribution is 5.92. The highest BCUT2D eigenvalue weighted by Crippen LogP contribution is 2.35. The highest BCUT2D eigenvalue weighted by atomic mass is 16.6. The normalized spacial score (nSPS) is 21.0. The third-order valence-electron chi connectivity index (χ3n) is 4.98. The van der Waals surface area contributed by atoms with Crippen LogP contribution in [-0.2, 0) is 4.74 Å². The third kappa shape index (κ3) is 3.20. The minimum atomic E-state index is -0.446. The van der Waals surface area contributed by atoms with Crippen molar-refractivity contribution >= 4 is 12.0 Å². The lowest BCUT2D eigenvalue weighted by atomic mass is 9.90. The molecule has 2 amide bonds. The van der Waals surface area contributed by atoms with Crippen molar-refractivity contribution in [1.82, 2.24) is 19.8 Å². The molecular weight excluding hydrogens is 308 g/mol. The summed E-state index contributed by atoms with van der Waals surface area (Å²) >= 11 is 0. The van der Waals surface area contributed by atoms with Crippen molar-refractivity contribution in [2.24, 2.45) is 0 Å². The monoisotopic (exact) mass is 332 g/mol. The maximum absolute atomic E-state index is 12.4. The van der Waals surface area contributed by atoms with Crippen LogP contribution in [0.1, 0.15) is 50.0 Å². The zero-order valence-corrected chi connectivity index (χ0v) is 14.3. The Kier molecular flexibility index (Phi) is 4.69. The van der Waals surface area contributed by atoms with Gasteiger partial charge in [0, 0.05) is 44.4 Å². The van der Waals surface area contributed by atoms with Crippen LogP contribution in [0, 0.1) is 0 Å². The van der Waals surface area contributed by atoms with Crippen LogP contribution < -0.4 is 0 Å². The first-order chi connectivity index (χ1) is 11.5. The van der Waals surface area contributed by atoms with Crippen molar-refractivity contribution in [3.8, 4) is 0 Å². The summed E-state index contributed by atoms with van der Waals surface area (Å²) < 4.78 is 5.72. The van der Waals surface area contributed by atoms with E-state index in [4.69, 9.17) is 4.74 Å². The first-order valence-corrected chi connectivity index (χ1v) is 8.59. The van der Waals surface area contributed by atoms with Crippen LogP contribution in [0.5, 0.6) is 0 Å². The van der Waals surface area contributed by atoms with E-state index in [-0.39, 0.29) is 18.0 Å². The SMILES string of the molecule is CCC[C@H](C)N1CC2(CCN(C(=O)c3cnccn3)CC2)OC1=O. The molecule has 1 aromatic rings. The van der Waals surface area contributed by atoms with Gasteiger partial charge in [-0.05, 0) is 13.3 Å². The molecule has 2 aliphatic rings. The van der Waals surface area contributed by atoms with Gasteiger partial charge in [-0.2, -0.15) is 0 Å². The van der Waals surface area contributed by atoms with E-state index < -0.39 is 5.60 Å². The molecule has 2 fully saturated rings. The molecule has 1 aromatic heterocycles. The number of rotatable bonds is 4. The molecule has 3 heterocycles. The van der Waals surface area contributed by atoms with E-state index in [1.807, 2.05) is 4.90 Å². The fourth-order valence-corrected chi connectivity index (χ4v) is 3.51. The lowest BCUT2D eigenvalue weighted by molar-refractivity contribution is 0.00288. The third-order valence-corrected chi connectivity index (χ3v) is 4.98. The van der Waals surface area contributed by atoms with Crippen LogP contribution in [0.15, 0.2) is 18.6 Å². The molecule has 1 spiro atoms. The summed E-state index contributed by atoms with van der Waals surface area (Å²) in [4.78, 5) is 36.2. The van der Waals surface area contributed by atoms with Crippen LogP contribution >= 0.6 is 0 Å². The van der Waals surface area contributed by atoms with Crippen LogP contribution in [-0.4, -0.2) is 63.0 Å². The summed E-state index contributed by atoms with van der Waals surface area (Å²) in [5.41, 5.74) is -0.0897. The van der Waals surface area contributed by atoms with Crippen LogP contribution in [0.4, 0.5) is 4.79 Å². The summed E-state index contributed by atoms with van der Waals surface area (Å²) in [7, 11) is 0. The first-order valence-electron chi connectivity index (χ1n) is 8.59. The lowest BCUT2D eigenvalue weighted by Crippen LogP contribution is -2.49. The molecule has 130 valence electrons. The maximum Gasteiger partial charge on any atom is 0.410 e. The minimum Gasteiger partial charge on any atom is -0.441 e. The molecule has 3 rings (SSSR count). The maximum atomic E-state index is 12.4. The Labute approximate surface area is 142 Å². The molecule has 2 saturated heterocycles. The van der Waals surface area contributed by atoms with Crippen molar-refractivity contribution in [3.63, 3.8) is 0 Å². The standard InChI is InChI=1S/C17H24N4O3/c1-3-4-13(2)21-12-17(24-16(21)23)5-9-20(10-6-17)15(22)14-11-18-7-8-19-14/h7-8,11,13H,3-6,9-10,12H2,1-2H3/t13-/m0/s1. The highest BCUT2D eigenvalue weighted by Gasteiger charge is 2.48. The number of carbonyl (C=O) groups excluding carboxylic acids is 2. The molecule has 1 atom stereocenters. The molecule has 7 heteroatoms. The Morgan fingerprint density at radius 1 is 1.38 bits per heavy atom. The van der Waals surface area contributed by atoms with E-state index in [9.17, 15) is 9.59 Å². The van der Waals surface area contributed by atoms with E-state index in [1.54, 1.807) is 11.1 Å². The molecule has 0 saturated carbocycles. The largest absolute Gasteiger partial charge is 0.441 e. The zero-order valence-electron chi connectivity index (χ0n) is 14.3. The quantitative estimate of drug-likeness (QED) is 0.844. The van der Waals surface area contributed by atoms with Gasteiger partial charge in [0.05, 0.1) is 12.7 Å². The van der Waals surface area contributed by atoms with E-state index in [2.05, 4.69) is 23.8 Å². The second-order valence-corrected chi connectivity index (χ2v) is 6.70. The van der Waals surface area contributed by atoms with Gasteiger partial charge >= 0.3 is 6.09 Å². The summed E-state index contributed by atoms with van der Waals surface area (Å²) in [6.07, 6.45) is 7.68. The Bertz CT molecular complexity index is 599. The van der Waals surface area contributed by atoms with Crippen molar-refractivity contribution in [1.29, 1.82) is 0 Å². The second kappa shape index (κ2) is 6.75. The fraction of sp³-hybridized carbons (Fsp3) is 0.647. The second-order valence-electron chi connectivity index (χ2n) is 6.70. The van der Waals surface area contributed by atoms with Gasteiger partial charge in [0.1, 0.15) is 11.3 Å². The van der Waals surface area contributed by atoms with Crippen molar-refractivity contribution in [2.75, 3.05) is 19.6 Å². The zero-order chi connectivity index (χ0) is 17.2. The summed E-state index contributed by atoms with van der Waals surface area (Å²) in [6, 6.07) is 0.195. The Morgan fingerprint density at radius 3 is 2.75 bits per heavy atom. The number of amides is 2. The van der Waals surface area contributed by atoms with Crippen LogP contribution in [0.3, 0.4) is 0 Å². The predicted molar refractivity (Wildman–Crippen MR) is 87.5 cm³/mol. The van der Waals surface area contributed by atoms with Crippen LogP contribution in [0.2, 0.25) is 0 Å². The molecule has 0 radical (unpaired) electrons. The number of carbonyl (C=O) groups is 2. The topological polar surface area (TPSA) is 75.6 Å². The van der Waals surface area contributed by atoms with Crippen molar-refractivity contribution < 1.29 is 14.3 Å². The molecule has 24 heavy (non-hydrogen) atoms. The van der Waals surface area contributed by atoms with Gasteiger partial charge in [-0.1, -0.05) is 13.3 Å². The predicted octanol–water partition coefficient (Wildman–Crippen LogP) is 2.09. The smallest absolute Gasteiger partial charge is 0.410 e. The van der Waals surface area contributed by atoms with Gasteiger partial charge in [-0.15, -0.1) is 0 Å². The van der Waals surface area contributed by atoms with E-state index >= 15 is 0 Å². The molecule has 0 unspecified atom stereocenters. The molecule has 0 aromatic carbocycles. The van der Waals surface area contributed by atoms with Gasteiger partial charge in [0.15, 0.2) is 0 Å². The van der Waals surface area contributed by atoms with E-state index in [1.165, 1.54) is 12.4 Å². The summed E-state index contributed by atoms with van der Waals surface area (Å²) in [5, 5.41) is 0. The van der Waals surface area contributed by atoms with Gasteiger partial charge in [0.2, 0.25) is 0 Å². The number of hydrogen-bond donors (Lipinski definition) is 0. The van der Waals surface area contributed by atoms with E-state index in [0.717, 1.165) is 12.8 Å². The molecule has 0 bridgehead atoms. The number of ether oxygens (including phenoxy) is 1.